The Morgan fingerprint density at radius 1 is 1.56 bits per heavy atom. The van der Waals surface area contributed by atoms with Crippen LogP contribution in [0.25, 0.3) is 0 Å². The van der Waals surface area contributed by atoms with Crippen LogP contribution in [0.5, 0.6) is 0 Å². The van der Waals surface area contributed by atoms with E-state index < -0.39 is 0 Å². The van der Waals surface area contributed by atoms with Gasteiger partial charge in [0.25, 0.3) is 6.29 Å². The average molecular weight is 164 g/mol. The molecule has 0 aromatic carbocycles. The van der Waals surface area contributed by atoms with Crippen LogP contribution in [0.15, 0.2) is 10.7 Å². The molecule has 9 heavy (non-hydrogen) atoms. The Labute approximate surface area is 61.4 Å². The van der Waals surface area contributed by atoms with Crippen LogP contribution in [0.1, 0.15) is 5.76 Å². The number of carbonyl (C=O) groups excluding carboxylic acids is 1. The van der Waals surface area contributed by atoms with E-state index in [2.05, 4.69) is 4.42 Å². The summed E-state index contributed by atoms with van der Waals surface area (Å²) in [7, 11) is 0. The third kappa shape index (κ3) is 1.09. The smallest absolute Gasteiger partial charge is 0.273 e. The van der Waals surface area contributed by atoms with Crippen LogP contribution in [-0.2, 0) is 4.79 Å². The highest BCUT2D eigenvalue weighted by Crippen LogP contribution is 2.25. The van der Waals surface area contributed by atoms with Crippen molar-refractivity contribution in [3.8, 4) is 0 Å². The molecule has 0 spiro atoms. The zero-order chi connectivity index (χ0) is 6.85. The Morgan fingerprint density at radius 3 is 2.44 bits per heavy atom. The number of rotatable bonds is 1. The van der Waals surface area contributed by atoms with Crippen molar-refractivity contribution in [1.82, 2.24) is 0 Å². The lowest BCUT2D eigenvalue weighted by Crippen LogP contribution is -1.71. The first-order valence-corrected chi connectivity index (χ1v) is 2.82. The van der Waals surface area contributed by atoms with Gasteiger partial charge in [-0.15, -0.1) is 0 Å². The third-order valence-electron chi connectivity index (χ3n) is 0.782. The molecule has 0 bridgehead atoms. The Bertz CT molecular complexity index is 229. The van der Waals surface area contributed by atoms with Crippen molar-refractivity contribution in [2.24, 2.45) is 0 Å². The molecule has 0 atom stereocenters. The molecule has 0 aliphatic rings. The number of furan rings is 1. The van der Waals surface area contributed by atoms with Gasteiger partial charge in [-0.1, -0.05) is 23.2 Å². The molecular formula is C5HCl2O2. The summed E-state index contributed by atoms with van der Waals surface area (Å²) in [5.74, 6) is -0.0540. The highest BCUT2D eigenvalue weighted by atomic mass is 35.5. The predicted molar refractivity (Wildman–Crippen MR) is 33.5 cm³/mol. The first-order valence-electron chi connectivity index (χ1n) is 2.06. The molecular weight excluding hydrogens is 163 g/mol. The van der Waals surface area contributed by atoms with Gasteiger partial charge in [0, 0.05) is 0 Å². The summed E-state index contributed by atoms with van der Waals surface area (Å²) in [5.41, 5.74) is 0. The third-order valence-corrected chi connectivity index (χ3v) is 1.53. The highest BCUT2D eigenvalue weighted by molar-refractivity contribution is 6.43. The van der Waals surface area contributed by atoms with E-state index in [9.17, 15) is 4.79 Å². The van der Waals surface area contributed by atoms with Crippen LogP contribution in [0.3, 0.4) is 0 Å². The summed E-state index contributed by atoms with van der Waals surface area (Å²) in [6, 6.07) is 0. The Balaban J connectivity index is 3.18. The van der Waals surface area contributed by atoms with Crippen LogP contribution < -0.4 is 0 Å². The molecule has 4 heteroatoms. The minimum atomic E-state index is -0.0540. The van der Waals surface area contributed by atoms with Crippen LogP contribution >= 0.6 is 23.2 Å². The summed E-state index contributed by atoms with van der Waals surface area (Å²) in [4.78, 5) is 9.88. The quantitative estimate of drug-likeness (QED) is 0.635. The van der Waals surface area contributed by atoms with Gasteiger partial charge in [-0.25, -0.2) is 0 Å². The molecule has 0 saturated heterocycles. The summed E-state index contributed by atoms with van der Waals surface area (Å²) >= 11 is 10.8. The Morgan fingerprint density at radius 2 is 2.22 bits per heavy atom. The van der Waals surface area contributed by atoms with Gasteiger partial charge in [0.15, 0.2) is 5.76 Å². The topological polar surface area (TPSA) is 30.2 Å². The number of hydrogen-bond acceptors (Lipinski definition) is 2. The maximum atomic E-state index is 9.88. The van der Waals surface area contributed by atoms with E-state index in [0.29, 0.717) is 0 Å². The van der Waals surface area contributed by atoms with E-state index in [-0.39, 0.29) is 15.8 Å². The van der Waals surface area contributed by atoms with E-state index in [1.165, 1.54) is 12.5 Å². The van der Waals surface area contributed by atoms with Crippen molar-refractivity contribution in [3.63, 3.8) is 0 Å². The Hall–Kier alpha value is -0.470. The maximum Gasteiger partial charge on any atom is 0.273 e. The van der Waals surface area contributed by atoms with E-state index in [4.69, 9.17) is 23.2 Å². The minimum absolute atomic E-state index is 0.0540. The van der Waals surface area contributed by atoms with Gasteiger partial charge in [0.05, 0.1) is 5.02 Å². The first kappa shape index (κ1) is 6.65. The van der Waals surface area contributed by atoms with E-state index in [0.717, 1.165) is 0 Å². The average Bonchev–Trinajstić information content (AvgIpc) is 2.15. The van der Waals surface area contributed by atoms with Gasteiger partial charge < -0.3 is 4.42 Å². The maximum absolute atomic E-state index is 9.88. The molecule has 0 fully saturated rings. The molecule has 1 aromatic rings. The van der Waals surface area contributed by atoms with Crippen molar-refractivity contribution in [3.05, 3.63) is 22.1 Å². The van der Waals surface area contributed by atoms with Gasteiger partial charge in [-0.2, -0.15) is 0 Å². The highest BCUT2D eigenvalue weighted by Gasteiger charge is 2.07. The van der Waals surface area contributed by atoms with Crippen LogP contribution in [0, 0.1) is 0 Å². The summed E-state index contributed by atoms with van der Waals surface area (Å²) in [6.07, 6.45) is 2.67. The monoisotopic (exact) mass is 163 g/mol. The second-order valence-electron chi connectivity index (χ2n) is 1.33. The molecule has 0 N–H and O–H groups in total. The molecule has 0 aliphatic carbocycles. The largest absolute Gasteiger partial charge is 0.457 e. The molecule has 0 unspecified atom stereocenters. The fourth-order valence-electron chi connectivity index (χ4n) is 0.391. The molecule has 1 rings (SSSR count). The van der Waals surface area contributed by atoms with E-state index >= 15 is 0 Å². The van der Waals surface area contributed by atoms with Crippen molar-refractivity contribution >= 4 is 29.5 Å². The molecule has 47 valence electrons. The predicted octanol–water partition coefficient (Wildman–Crippen LogP) is 2.04. The van der Waals surface area contributed by atoms with Crippen molar-refractivity contribution in [1.29, 1.82) is 0 Å². The fraction of sp³-hybridized carbons (Fsp3) is 0. The SMILES string of the molecule is O=[C]c1occ(Cl)c1Cl. The lowest BCUT2D eigenvalue weighted by atomic mass is 10.5. The van der Waals surface area contributed by atoms with Gasteiger partial charge in [-0.05, 0) is 0 Å². The van der Waals surface area contributed by atoms with Crippen LogP contribution in [-0.4, -0.2) is 6.29 Å². The zero-order valence-corrected chi connectivity index (χ0v) is 5.66. The van der Waals surface area contributed by atoms with Crippen LogP contribution in [0.2, 0.25) is 10.0 Å². The molecule has 0 amide bonds. The van der Waals surface area contributed by atoms with Crippen molar-refractivity contribution < 1.29 is 9.21 Å². The van der Waals surface area contributed by atoms with Gasteiger partial charge in [-0.3, -0.25) is 4.79 Å². The summed E-state index contributed by atoms with van der Waals surface area (Å²) in [6.45, 7) is 0. The van der Waals surface area contributed by atoms with Gasteiger partial charge >= 0.3 is 0 Å². The minimum Gasteiger partial charge on any atom is -0.457 e. The number of hydrogen-bond donors (Lipinski definition) is 0. The summed E-state index contributed by atoms with van der Waals surface area (Å²) in [5, 5.41) is 0.349. The second kappa shape index (κ2) is 2.42. The molecule has 1 aromatic heterocycles. The van der Waals surface area contributed by atoms with Gasteiger partial charge in [0.2, 0.25) is 0 Å². The molecule has 0 saturated carbocycles. The fourth-order valence-corrected chi connectivity index (χ4v) is 0.649. The van der Waals surface area contributed by atoms with Crippen molar-refractivity contribution in [2.75, 3.05) is 0 Å². The lowest BCUT2D eigenvalue weighted by Gasteiger charge is -1.77. The second-order valence-corrected chi connectivity index (χ2v) is 2.11. The van der Waals surface area contributed by atoms with Crippen molar-refractivity contribution in [2.45, 2.75) is 0 Å². The van der Waals surface area contributed by atoms with E-state index in [1.54, 1.807) is 0 Å². The molecule has 0 aliphatic heterocycles. The standard InChI is InChI=1S/C5HCl2O2/c6-3-2-9-4(1-8)5(3)7/h2H. The van der Waals surface area contributed by atoms with Crippen LogP contribution in [0.4, 0.5) is 0 Å². The number of halogens is 2. The lowest BCUT2D eigenvalue weighted by molar-refractivity contribution is 0.518. The molecule has 2 nitrogen and oxygen atoms in total. The molecule has 1 radical (unpaired) electrons. The normalized spacial score (nSPS) is 9.56. The zero-order valence-electron chi connectivity index (χ0n) is 4.15. The first-order chi connectivity index (χ1) is 4.25. The summed E-state index contributed by atoms with van der Waals surface area (Å²) < 4.78 is 4.56. The van der Waals surface area contributed by atoms with E-state index in [1.807, 2.05) is 0 Å². The van der Waals surface area contributed by atoms with Gasteiger partial charge in [0.1, 0.15) is 11.3 Å². The molecule has 1 heterocycles. The Kier molecular flexibility index (Phi) is 1.78.